The van der Waals surface area contributed by atoms with E-state index < -0.39 is 77.9 Å². The summed E-state index contributed by atoms with van der Waals surface area (Å²) in [5.74, 6) is -3.60. The maximum absolute atomic E-state index is 13.4. The van der Waals surface area contributed by atoms with E-state index in [0.29, 0.717) is 45.7 Å². The molecule has 4 bridgehead atoms. The zero-order valence-electron chi connectivity index (χ0n) is 28.5. The van der Waals surface area contributed by atoms with E-state index in [1.807, 2.05) is 11.0 Å². The second kappa shape index (κ2) is 13.1. The van der Waals surface area contributed by atoms with Crippen LogP contribution in [0.5, 0.6) is 28.7 Å². The number of aryl methyl sites for hydroxylation is 1. The highest BCUT2D eigenvalue weighted by Gasteiger charge is 2.61. The maximum Gasteiger partial charge on any atom is 0.471 e. The van der Waals surface area contributed by atoms with Gasteiger partial charge in [0.15, 0.2) is 23.0 Å². The highest BCUT2D eigenvalue weighted by molar-refractivity contribution is 7.99. The zero-order valence-corrected chi connectivity index (χ0v) is 29.4. The normalized spacial score (nSPS) is 27.7. The van der Waals surface area contributed by atoms with Gasteiger partial charge < -0.3 is 34.1 Å². The average molecular weight is 745 g/mol. The third-order valence-electron chi connectivity index (χ3n) is 10.4. The Morgan fingerprint density at radius 3 is 2.58 bits per heavy atom. The van der Waals surface area contributed by atoms with Crippen LogP contribution >= 0.6 is 11.8 Å². The van der Waals surface area contributed by atoms with E-state index in [1.165, 1.54) is 14.0 Å². The number of fused-ring (bicyclic) bond motifs is 9. The molecule has 5 aliphatic rings. The Bertz CT molecular complexity index is 1930. The van der Waals surface area contributed by atoms with Crippen LogP contribution in [0.2, 0.25) is 0 Å². The minimum absolute atomic E-state index is 0.104. The van der Waals surface area contributed by atoms with Crippen LogP contribution in [0.4, 0.5) is 13.2 Å². The largest absolute Gasteiger partial charge is 0.504 e. The van der Waals surface area contributed by atoms with E-state index in [4.69, 9.17) is 23.7 Å². The molecule has 2 N–H and O–H groups in total. The molecule has 2 saturated heterocycles. The Labute approximate surface area is 300 Å². The number of ether oxygens (including phenoxy) is 5. The molecule has 1 amide bonds. The quantitative estimate of drug-likeness (QED) is 0.259. The van der Waals surface area contributed by atoms with Gasteiger partial charge in [0.25, 0.3) is 0 Å². The van der Waals surface area contributed by atoms with Crippen LogP contribution in [0.25, 0.3) is 0 Å². The van der Waals surface area contributed by atoms with Crippen molar-refractivity contribution in [1.82, 2.24) is 15.1 Å². The fourth-order valence-corrected chi connectivity index (χ4v) is 10.1. The lowest BCUT2D eigenvalue weighted by atomic mass is 9.71. The summed E-state index contributed by atoms with van der Waals surface area (Å²) in [7, 11) is 1.44. The molecule has 0 aromatic heterocycles. The van der Waals surface area contributed by atoms with E-state index in [2.05, 4.69) is 17.5 Å². The number of esters is 2. The molecule has 17 heteroatoms. The number of nitrogens with zero attached hydrogens (tertiary/aromatic N) is 3. The highest BCUT2D eigenvalue weighted by atomic mass is 32.2. The first-order chi connectivity index (χ1) is 24.7. The van der Waals surface area contributed by atoms with Crippen LogP contribution in [0.3, 0.4) is 0 Å². The summed E-state index contributed by atoms with van der Waals surface area (Å²) in [6.07, 6.45) is -3.23. The Hall–Kier alpha value is -4.66. The van der Waals surface area contributed by atoms with E-state index in [-0.39, 0.29) is 30.6 Å². The van der Waals surface area contributed by atoms with Gasteiger partial charge in [-0.25, -0.2) is 4.79 Å². The third-order valence-corrected chi connectivity index (χ3v) is 11.8. The molecule has 5 heterocycles. The molecule has 13 nitrogen and oxygen atoms in total. The number of phenols is 1. The summed E-state index contributed by atoms with van der Waals surface area (Å²) >= 11 is 1.03. The summed E-state index contributed by atoms with van der Waals surface area (Å²) in [6, 6.07) is -1.11. The van der Waals surface area contributed by atoms with Gasteiger partial charge in [-0.2, -0.15) is 18.4 Å². The predicted octanol–water partition coefficient (Wildman–Crippen LogP) is 3.83. The number of hydrogen-bond acceptors (Lipinski definition) is 13. The smallest absolute Gasteiger partial charge is 0.471 e. The number of thioether (sulfide) groups is 1. The Kier molecular flexibility index (Phi) is 8.99. The molecular weight excluding hydrogens is 709 g/mol. The van der Waals surface area contributed by atoms with Crippen LogP contribution in [-0.2, 0) is 25.5 Å². The molecule has 7 atom stereocenters. The number of hydrogen-bond donors (Lipinski definition) is 2. The van der Waals surface area contributed by atoms with Crippen molar-refractivity contribution in [2.45, 2.75) is 74.9 Å². The first-order valence-electron chi connectivity index (χ1n) is 16.5. The number of amides is 1. The van der Waals surface area contributed by atoms with Crippen molar-refractivity contribution >= 4 is 29.6 Å². The number of rotatable bonds is 5. The van der Waals surface area contributed by atoms with Gasteiger partial charge in [-0.15, -0.1) is 18.3 Å². The van der Waals surface area contributed by atoms with Gasteiger partial charge >= 0.3 is 24.0 Å². The molecule has 0 spiro atoms. The monoisotopic (exact) mass is 744 g/mol. The number of phenolic OH excluding ortho intramolecular Hbond substituents is 1. The van der Waals surface area contributed by atoms with Gasteiger partial charge in [-0.3, -0.25) is 19.4 Å². The molecule has 2 fully saturated rings. The van der Waals surface area contributed by atoms with Crippen LogP contribution in [0.1, 0.15) is 57.6 Å². The number of methoxy groups -OCH3 is 1. The van der Waals surface area contributed by atoms with Gasteiger partial charge in [0.05, 0.1) is 30.5 Å². The van der Waals surface area contributed by atoms with Crippen LogP contribution in [-0.4, -0.2) is 95.9 Å². The molecule has 276 valence electrons. The number of halogens is 3. The second-order valence-electron chi connectivity index (χ2n) is 13.2. The Morgan fingerprint density at radius 2 is 1.92 bits per heavy atom. The summed E-state index contributed by atoms with van der Waals surface area (Å²) in [6.45, 7) is 8.31. The van der Waals surface area contributed by atoms with Crippen molar-refractivity contribution in [3.63, 3.8) is 0 Å². The highest BCUT2D eigenvalue weighted by Crippen LogP contribution is 2.64. The van der Waals surface area contributed by atoms with Gasteiger partial charge in [0, 0.05) is 53.6 Å². The minimum Gasteiger partial charge on any atom is -0.504 e. The van der Waals surface area contributed by atoms with Crippen molar-refractivity contribution in [2.24, 2.45) is 0 Å². The van der Waals surface area contributed by atoms with Gasteiger partial charge in [0.1, 0.15) is 24.4 Å². The Balaban J connectivity index is 1.53. The second-order valence-corrected chi connectivity index (χ2v) is 14.4. The molecule has 0 radical (unpaired) electrons. The molecule has 2 aromatic rings. The number of aromatic hydroxyl groups is 1. The van der Waals surface area contributed by atoms with E-state index in [9.17, 15) is 37.9 Å². The number of nitriles is 1. The van der Waals surface area contributed by atoms with Crippen molar-refractivity contribution in [2.75, 3.05) is 32.8 Å². The average Bonchev–Trinajstić information content (AvgIpc) is 3.57. The van der Waals surface area contributed by atoms with Crippen LogP contribution in [0.15, 0.2) is 18.7 Å². The molecular formula is C35H35F3N4O9S. The number of carbonyl (C=O) groups excluding carboxylic acids is 3. The third kappa shape index (κ3) is 5.41. The lowest BCUT2D eigenvalue weighted by Gasteiger charge is -2.62. The maximum atomic E-state index is 13.4. The molecule has 4 unspecified atom stereocenters. The summed E-state index contributed by atoms with van der Waals surface area (Å²) < 4.78 is 69.5. The number of cyclic esters (lactones) is 1. The first-order valence-corrected chi connectivity index (χ1v) is 17.5. The standard InChI is InChI=1S/C35H35F3N4O9S/c1-6-7-41-19-9-17-8-14(2)28(47-5)27(44)22(17)25(41)26-32-24-23(31-30(49-13-50-31)15(3)29(24)51-16(4)43)21(42(26)20(19)10-39)11-48-33(45)18(12-52-32)40-34(46)35(36,37)38/h6,8,18-21,25-26,32,44H,1,7,9,11-13H2,2-5H3,(H,40,46)/t18?,19?,20-,21-,25?,26?,32+/m0/s1. The van der Waals surface area contributed by atoms with E-state index >= 15 is 0 Å². The van der Waals surface area contributed by atoms with E-state index in [1.54, 1.807) is 25.2 Å². The van der Waals surface area contributed by atoms with Gasteiger partial charge in [0.2, 0.25) is 6.79 Å². The number of nitrogens with one attached hydrogen (secondary N) is 1. The summed E-state index contributed by atoms with van der Waals surface area (Å²) in [5, 5.41) is 23.8. The van der Waals surface area contributed by atoms with Crippen molar-refractivity contribution in [1.29, 1.82) is 5.26 Å². The number of benzene rings is 2. The summed E-state index contributed by atoms with van der Waals surface area (Å²) in [4.78, 5) is 42.3. The Morgan fingerprint density at radius 1 is 1.19 bits per heavy atom. The topological polar surface area (TPSA) is 160 Å². The van der Waals surface area contributed by atoms with Crippen molar-refractivity contribution in [3.05, 3.63) is 52.1 Å². The zero-order chi connectivity index (χ0) is 37.4. The van der Waals surface area contributed by atoms with Crippen molar-refractivity contribution in [3.8, 4) is 34.8 Å². The van der Waals surface area contributed by atoms with Crippen molar-refractivity contribution < 1.29 is 56.3 Å². The van der Waals surface area contributed by atoms with E-state index in [0.717, 1.165) is 17.3 Å². The van der Waals surface area contributed by atoms with Crippen LogP contribution in [0, 0.1) is 25.2 Å². The predicted molar refractivity (Wildman–Crippen MR) is 177 cm³/mol. The molecule has 0 saturated carbocycles. The van der Waals surface area contributed by atoms with Gasteiger partial charge in [-0.05, 0) is 31.4 Å². The molecule has 5 aliphatic heterocycles. The fourth-order valence-electron chi connectivity index (χ4n) is 8.56. The molecule has 0 aliphatic carbocycles. The molecule has 7 rings (SSSR count). The number of piperazine rings is 1. The van der Waals surface area contributed by atoms with Crippen LogP contribution < -0.4 is 24.3 Å². The van der Waals surface area contributed by atoms with Gasteiger partial charge in [-0.1, -0.05) is 12.1 Å². The number of carbonyl (C=O) groups is 3. The summed E-state index contributed by atoms with van der Waals surface area (Å²) in [5.41, 5.74) is 3.30. The fraction of sp³-hybridized carbons (Fsp3) is 0.486. The molecule has 2 aromatic carbocycles. The SMILES string of the molecule is C=CCN1C2c3c(cc(C)c(OC)c3O)CC1[C@H](C#N)N1C2[C@@H]2SCC(NC(=O)C(F)(F)F)C(=O)OC[C@H]1c1c3c(c(C)c(OC(C)=O)c12)OCO3. The lowest BCUT2D eigenvalue weighted by molar-refractivity contribution is -0.176. The molecule has 52 heavy (non-hydrogen) atoms. The first kappa shape index (κ1) is 35.7. The minimum atomic E-state index is -5.27. The lowest BCUT2D eigenvalue weighted by Crippen LogP contribution is -2.70. The number of alkyl halides is 3.